The molecule has 0 saturated carbocycles. The van der Waals surface area contributed by atoms with Crippen LogP contribution in [0.15, 0.2) is 41.8 Å². The number of rotatable bonds is 5. The number of hydrogen-bond acceptors (Lipinski definition) is 3. The average molecular weight is 274 g/mol. The molecule has 2 rings (SSSR count). The molecule has 98 valence electrons. The first-order valence-electron chi connectivity index (χ1n) is 5.86. The second-order valence-electron chi connectivity index (χ2n) is 3.91. The summed E-state index contributed by atoms with van der Waals surface area (Å²) in [6.07, 6.45) is 3.90. The van der Waals surface area contributed by atoms with Gasteiger partial charge in [-0.3, -0.25) is 0 Å². The maximum absolute atomic E-state index is 11.0. The molecule has 0 aliphatic carbocycles. The lowest BCUT2D eigenvalue weighted by molar-refractivity contribution is 0.0699. The maximum atomic E-state index is 11.0. The van der Waals surface area contributed by atoms with Crippen LogP contribution in [0, 0.1) is 0 Å². The molecule has 0 unspecified atom stereocenters. The van der Waals surface area contributed by atoms with Crippen LogP contribution in [0.4, 0.5) is 0 Å². The normalized spacial score (nSPS) is 10.8. The summed E-state index contributed by atoms with van der Waals surface area (Å²) in [5, 5.41) is 10.8. The van der Waals surface area contributed by atoms with Crippen LogP contribution in [0.5, 0.6) is 5.75 Å². The number of ether oxygens (including phenoxy) is 1. The van der Waals surface area contributed by atoms with Crippen LogP contribution in [0.3, 0.4) is 0 Å². The van der Waals surface area contributed by atoms with Gasteiger partial charge in [0.2, 0.25) is 0 Å². The molecule has 0 amide bonds. The van der Waals surface area contributed by atoms with Gasteiger partial charge in [0.15, 0.2) is 0 Å². The van der Waals surface area contributed by atoms with Gasteiger partial charge in [-0.2, -0.15) is 0 Å². The van der Waals surface area contributed by atoms with Gasteiger partial charge in [-0.05, 0) is 24.4 Å². The number of aromatic carboxylic acids is 1. The van der Waals surface area contributed by atoms with E-state index in [0.29, 0.717) is 10.4 Å². The van der Waals surface area contributed by atoms with Crippen molar-refractivity contribution in [3.05, 3.63) is 57.8 Å². The summed E-state index contributed by atoms with van der Waals surface area (Å²) in [6, 6.07) is 9.46. The fraction of sp³-hybridized carbons (Fsp3) is 0.133. The standard InChI is InChI=1S/C15H14O3S/c1-2-5-11-6-3-4-7-13(11)18-10-12-8-9-19-14(12)15(16)17/h2-9H,10H2,1H3,(H,16,17). The number of benzene rings is 1. The Kier molecular flexibility index (Phi) is 4.36. The van der Waals surface area contributed by atoms with Gasteiger partial charge < -0.3 is 9.84 Å². The molecule has 0 bridgehead atoms. The van der Waals surface area contributed by atoms with Crippen LogP contribution < -0.4 is 4.74 Å². The molecular weight excluding hydrogens is 260 g/mol. The minimum absolute atomic E-state index is 0.264. The van der Waals surface area contributed by atoms with Gasteiger partial charge in [0.1, 0.15) is 17.2 Å². The summed E-state index contributed by atoms with van der Waals surface area (Å²) >= 11 is 1.21. The first-order valence-corrected chi connectivity index (χ1v) is 6.74. The van der Waals surface area contributed by atoms with E-state index in [4.69, 9.17) is 9.84 Å². The molecule has 0 radical (unpaired) electrons. The number of carbonyl (C=O) groups is 1. The number of hydrogen-bond donors (Lipinski definition) is 1. The minimum atomic E-state index is -0.907. The van der Waals surface area contributed by atoms with Crippen molar-refractivity contribution in [2.75, 3.05) is 0 Å². The molecule has 1 aromatic carbocycles. The highest BCUT2D eigenvalue weighted by molar-refractivity contribution is 7.12. The van der Waals surface area contributed by atoms with E-state index in [0.717, 1.165) is 11.3 Å². The lowest BCUT2D eigenvalue weighted by Crippen LogP contribution is -2.02. The topological polar surface area (TPSA) is 46.5 Å². The van der Waals surface area contributed by atoms with Crippen molar-refractivity contribution >= 4 is 23.4 Å². The number of carboxylic acid groups (broad SMARTS) is 1. The van der Waals surface area contributed by atoms with E-state index in [2.05, 4.69) is 0 Å². The van der Waals surface area contributed by atoms with Crippen molar-refractivity contribution < 1.29 is 14.6 Å². The van der Waals surface area contributed by atoms with Gasteiger partial charge in [-0.25, -0.2) is 4.79 Å². The Morgan fingerprint density at radius 1 is 1.37 bits per heavy atom. The molecular formula is C15H14O3S. The molecule has 1 heterocycles. The summed E-state index contributed by atoms with van der Waals surface area (Å²) in [4.78, 5) is 11.3. The molecule has 19 heavy (non-hydrogen) atoms. The second-order valence-corrected chi connectivity index (χ2v) is 4.82. The third-order valence-corrected chi connectivity index (χ3v) is 3.53. The fourth-order valence-electron chi connectivity index (χ4n) is 1.72. The van der Waals surface area contributed by atoms with Gasteiger partial charge in [0.25, 0.3) is 0 Å². The van der Waals surface area contributed by atoms with Crippen LogP contribution in [-0.4, -0.2) is 11.1 Å². The van der Waals surface area contributed by atoms with Crippen LogP contribution in [0.1, 0.15) is 27.7 Å². The minimum Gasteiger partial charge on any atom is -0.488 e. The largest absolute Gasteiger partial charge is 0.488 e. The highest BCUT2D eigenvalue weighted by Gasteiger charge is 2.12. The van der Waals surface area contributed by atoms with Gasteiger partial charge in [-0.15, -0.1) is 11.3 Å². The molecule has 4 heteroatoms. The van der Waals surface area contributed by atoms with Crippen LogP contribution in [-0.2, 0) is 6.61 Å². The Labute approximate surface area is 115 Å². The predicted molar refractivity (Wildman–Crippen MR) is 76.8 cm³/mol. The summed E-state index contributed by atoms with van der Waals surface area (Å²) in [5.74, 6) is -0.154. The van der Waals surface area contributed by atoms with E-state index < -0.39 is 5.97 Å². The molecule has 2 aromatic rings. The van der Waals surface area contributed by atoms with Crippen molar-refractivity contribution in [3.8, 4) is 5.75 Å². The number of carboxylic acids is 1. The quantitative estimate of drug-likeness (QED) is 0.894. The lowest BCUT2D eigenvalue weighted by Gasteiger charge is -2.08. The molecule has 1 N–H and O–H groups in total. The third kappa shape index (κ3) is 3.23. The molecule has 3 nitrogen and oxygen atoms in total. The Morgan fingerprint density at radius 3 is 2.89 bits per heavy atom. The van der Waals surface area contributed by atoms with Crippen molar-refractivity contribution in [1.29, 1.82) is 0 Å². The first-order chi connectivity index (χ1) is 9.22. The van der Waals surface area contributed by atoms with E-state index in [9.17, 15) is 4.79 Å². The maximum Gasteiger partial charge on any atom is 0.346 e. The predicted octanol–water partition coefficient (Wildman–Crippen LogP) is 4.06. The van der Waals surface area contributed by atoms with E-state index in [-0.39, 0.29) is 6.61 Å². The van der Waals surface area contributed by atoms with Gasteiger partial charge in [-0.1, -0.05) is 30.4 Å². The fourth-order valence-corrected chi connectivity index (χ4v) is 2.47. The number of allylic oxidation sites excluding steroid dienone is 1. The Hall–Kier alpha value is -2.07. The SMILES string of the molecule is CC=Cc1ccccc1OCc1ccsc1C(=O)O. The molecule has 0 aliphatic heterocycles. The summed E-state index contributed by atoms with van der Waals surface area (Å²) in [6.45, 7) is 2.21. The van der Waals surface area contributed by atoms with Gasteiger partial charge in [0, 0.05) is 11.1 Å². The van der Waals surface area contributed by atoms with Crippen LogP contribution in [0.25, 0.3) is 6.08 Å². The molecule has 0 saturated heterocycles. The molecule has 0 fully saturated rings. The van der Waals surface area contributed by atoms with E-state index in [1.54, 1.807) is 11.4 Å². The highest BCUT2D eigenvalue weighted by Crippen LogP contribution is 2.23. The molecule has 0 spiro atoms. The van der Waals surface area contributed by atoms with E-state index in [1.807, 2.05) is 43.3 Å². The van der Waals surface area contributed by atoms with Gasteiger partial charge in [0.05, 0.1) is 0 Å². The van der Waals surface area contributed by atoms with Crippen molar-refractivity contribution in [1.82, 2.24) is 0 Å². The highest BCUT2D eigenvalue weighted by atomic mass is 32.1. The first kappa shape index (κ1) is 13.4. The Balaban J connectivity index is 2.14. The van der Waals surface area contributed by atoms with E-state index >= 15 is 0 Å². The second kappa shape index (κ2) is 6.20. The Morgan fingerprint density at radius 2 is 2.16 bits per heavy atom. The number of thiophene rings is 1. The van der Waals surface area contributed by atoms with Crippen molar-refractivity contribution in [3.63, 3.8) is 0 Å². The molecule has 0 atom stereocenters. The van der Waals surface area contributed by atoms with Crippen LogP contribution >= 0.6 is 11.3 Å². The summed E-state index contributed by atoms with van der Waals surface area (Å²) in [7, 11) is 0. The zero-order valence-corrected chi connectivity index (χ0v) is 11.3. The van der Waals surface area contributed by atoms with Crippen LogP contribution in [0.2, 0.25) is 0 Å². The zero-order valence-electron chi connectivity index (χ0n) is 10.5. The van der Waals surface area contributed by atoms with E-state index in [1.165, 1.54) is 11.3 Å². The average Bonchev–Trinajstić information content (AvgIpc) is 2.86. The molecule has 1 aromatic heterocycles. The smallest absolute Gasteiger partial charge is 0.346 e. The summed E-state index contributed by atoms with van der Waals surface area (Å²) < 4.78 is 5.72. The zero-order chi connectivity index (χ0) is 13.7. The van der Waals surface area contributed by atoms with Crippen molar-refractivity contribution in [2.45, 2.75) is 13.5 Å². The Bertz CT molecular complexity index is 599. The summed E-state index contributed by atoms with van der Waals surface area (Å²) in [5.41, 5.74) is 1.69. The van der Waals surface area contributed by atoms with Gasteiger partial charge >= 0.3 is 5.97 Å². The molecule has 0 aliphatic rings. The number of para-hydroxylation sites is 1. The monoisotopic (exact) mass is 274 g/mol. The lowest BCUT2D eigenvalue weighted by atomic mass is 10.2. The third-order valence-electron chi connectivity index (χ3n) is 2.59. The van der Waals surface area contributed by atoms with Crippen molar-refractivity contribution in [2.24, 2.45) is 0 Å².